The van der Waals surface area contributed by atoms with Gasteiger partial charge in [-0.25, -0.2) is 0 Å². The zero-order chi connectivity index (χ0) is 16.0. The Morgan fingerprint density at radius 1 is 1.48 bits per heavy atom. The van der Waals surface area contributed by atoms with Gasteiger partial charge in [-0.15, -0.1) is 0 Å². The van der Waals surface area contributed by atoms with Crippen LogP contribution in [-0.2, 0) is 11.2 Å². The van der Waals surface area contributed by atoms with E-state index in [9.17, 15) is 20.0 Å². The number of hydrogen-bond donors (Lipinski definition) is 2. The van der Waals surface area contributed by atoms with Crippen LogP contribution in [-0.4, -0.2) is 53.6 Å². The molecule has 7 nitrogen and oxygen atoms in total. The first-order valence-electron chi connectivity index (χ1n) is 6.57. The minimum absolute atomic E-state index is 0.0414. The summed E-state index contributed by atoms with van der Waals surface area (Å²) in [6.07, 6.45) is 0.0414. The summed E-state index contributed by atoms with van der Waals surface area (Å²) >= 11 is 0. The number of benzene rings is 1. The highest BCUT2D eigenvalue weighted by atomic mass is 16.6. The largest absolute Gasteiger partial charge is 0.387 e. The van der Waals surface area contributed by atoms with Gasteiger partial charge in [-0.3, -0.25) is 14.9 Å². The number of aliphatic hydroxyl groups is 1. The highest BCUT2D eigenvalue weighted by molar-refractivity contribution is 5.78. The predicted octanol–water partition coefficient (Wildman–Crippen LogP) is 0.566. The molecule has 0 heterocycles. The SMILES string of the molecule is CN(C)CC(C)(O)CNC(=O)Cc1cccc([N+](=O)[O-])c1. The van der Waals surface area contributed by atoms with Crippen LogP contribution in [0.2, 0.25) is 0 Å². The summed E-state index contributed by atoms with van der Waals surface area (Å²) in [7, 11) is 3.67. The van der Waals surface area contributed by atoms with E-state index in [1.807, 2.05) is 19.0 Å². The number of nitro groups is 1. The number of non-ortho nitro benzene ring substituents is 1. The van der Waals surface area contributed by atoms with E-state index in [2.05, 4.69) is 5.32 Å². The maximum absolute atomic E-state index is 11.8. The van der Waals surface area contributed by atoms with Crippen LogP contribution in [0, 0.1) is 10.1 Å². The number of amides is 1. The molecule has 1 amide bonds. The number of nitro benzene ring substituents is 1. The highest BCUT2D eigenvalue weighted by Crippen LogP contribution is 2.13. The molecule has 0 bridgehead atoms. The second kappa shape index (κ2) is 7.14. The van der Waals surface area contributed by atoms with Gasteiger partial charge in [0.25, 0.3) is 5.69 Å². The number of rotatable bonds is 7. The molecule has 1 rings (SSSR count). The normalized spacial score (nSPS) is 13.8. The molecule has 1 aromatic rings. The van der Waals surface area contributed by atoms with Crippen molar-refractivity contribution < 1.29 is 14.8 Å². The Hall–Kier alpha value is -1.99. The third-order valence-corrected chi connectivity index (χ3v) is 2.81. The van der Waals surface area contributed by atoms with Crippen LogP contribution < -0.4 is 5.32 Å². The van der Waals surface area contributed by atoms with E-state index in [0.29, 0.717) is 12.1 Å². The average molecular weight is 295 g/mol. The number of carbonyl (C=O) groups excluding carboxylic acids is 1. The summed E-state index contributed by atoms with van der Waals surface area (Å²) in [5, 5.41) is 23.4. The molecule has 0 aliphatic rings. The standard InChI is InChI=1S/C14H21N3O4/c1-14(19,10-16(2)3)9-15-13(18)8-11-5-4-6-12(7-11)17(20)21/h4-7,19H,8-10H2,1-3H3,(H,15,18). The first-order chi connectivity index (χ1) is 9.69. The molecule has 0 aromatic heterocycles. The lowest BCUT2D eigenvalue weighted by atomic mass is 10.1. The molecule has 7 heteroatoms. The van der Waals surface area contributed by atoms with E-state index in [-0.39, 0.29) is 24.6 Å². The predicted molar refractivity (Wildman–Crippen MR) is 79.0 cm³/mol. The van der Waals surface area contributed by atoms with E-state index in [4.69, 9.17) is 0 Å². The zero-order valence-electron chi connectivity index (χ0n) is 12.5. The molecule has 0 aliphatic carbocycles. The van der Waals surface area contributed by atoms with Crippen molar-refractivity contribution in [2.45, 2.75) is 18.9 Å². The lowest BCUT2D eigenvalue weighted by Gasteiger charge is -2.27. The van der Waals surface area contributed by atoms with E-state index >= 15 is 0 Å². The van der Waals surface area contributed by atoms with Crippen LogP contribution >= 0.6 is 0 Å². The van der Waals surface area contributed by atoms with Gasteiger partial charge >= 0.3 is 0 Å². The molecule has 116 valence electrons. The minimum Gasteiger partial charge on any atom is -0.387 e. The Bertz CT molecular complexity index is 515. The third kappa shape index (κ3) is 6.33. The molecule has 0 spiro atoms. The van der Waals surface area contributed by atoms with Crippen molar-refractivity contribution in [3.05, 3.63) is 39.9 Å². The third-order valence-electron chi connectivity index (χ3n) is 2.81. The van der Waals surface area contributed by atoms with Crippen LogP contribution in [0.4, 0.5) is 5.69 Å². The van der Waals surface area contributed by atoms with Gasteiger partial charge in [-0.05, 0) is 26.6 Å². The van der Waals surface area contributed by atoms with Crippen LogP contribution in [0.3, 0.4) is 0 Å². The average Bonchev–Trinajstić information content (AvgIpc) is 2.35. The van der Waals surface area contributed by atoms with Gasteiger partial charge in [-0.1, -0.05) is 12.1 Å². The molecule has 1 unspecified atom stereocenters. The first kappa shape index (κ1) is 17.1. The Morgan fingerprint density at radius 2 is 2.14 bits per heavy atom. The van der Waals surface area contributed by atoms with Gasteiger partial charge in [0.15, 0.2) is 0 Å². The zero-order valence-corrected chi connectivity index (χ0v) is 12.5. The molecular formula is C14H21N3O4. The summed E-state index contributed by atoms with van der Waals surface area (Å²) in [4.78, 5) is 23.8. The number of hydrogen-bond acceptors (Lipinski definition) is 5. The fourth-order valence-corrected chi connectivity index (χ4v) is 2.05. The molecule has 0 radical (unpaired) electrons. The van der Waals surface area contributed by atoms with Gasteiger partial charge in [0.2, 0.25) is 5.91 Å². The van der Waals surface area contributed by atoms with E-state index < -0.39 is 10.5 Å². The summed E-state index contributed by atoms with van der Waals surface area (Å²) in [6.45, 7) is 2.18. The number of carbonyl (C=O) groups is 1. The second-order valence-corrected chi connectivity index (χ2v) is 5.62. The molecule has 0 aliphatic heterocycles. The maximum atomic E-state index is 11.8. The van der Waals surface area contributed by atoms with E-state index in [1.165, 1.54) is 12.1 Å². The topological polar surface area (TPSA) is 95.7 Å². The summed E-state index contributed by atoms with van der Waals surface area (Å²) in [5.41, 5.74) is -0.504. The molecule has 21 heavy (non-hydrogen) atoms. The molecule has 0 fully saturated rings. The van der Waals surface area contributed by atoms with Crippen molar-refractivity contribution in [2.24, 2.45) is 0 Å². The van der Waals surface area contributed by atoms with E-state index in [0.717, 1.165) is 0 Å². The Kier molecular flexibility index (Phi) is 5.80. The smallest absolute Gasteiger partial charge is 0.269 e. The van der Waals surface area contributed by atoms with Gasteiger partial charge in [0, 0.05) is 25.2 Å². The number of likely N-dealkylation sites (N-methyl/N-ethyl adjacent to an activating group) is 1. The van der Waals surface area contributed by atoms with E-state index in [1.54, 1.807) is 19.1 Å². The van der Waals surface area contributed by atoms with Crippen molar-refractivity contribution >= 4 is 11.6 Å². The molecule has 2 N–H and O–H groups in total. The monoisotopic (exact) mass is 295 g/mol. The molecule has 1 atom stereocenters. The van der Waals surface area contributed by atoms with Gasteiger partial charge in [0.05, 0.1) is 16.9 Å². The molecule has 1 aromatic carbocycles. The Balaban J connectivity index is 2.54. The summed E-state index contributed by atoms with van der Waals surface area (Å²) in [5.74, 6) is -0.283. The second-order valence-electron chi connectivity index (χ2n) is 5.62. The highest BCUT2D eigenvalue weighted by Gasteiger charge is 2.22. The van der Waals surface area contributed by atoms with Crippen LogP contribution in [0.25, 0.3) is 0 Å². The minimum atomic E-state index is -1.03. The first-order valence-corrected chi connectivity index (χ1v) is 6.57. The molecule has 0 saturated heterocycles. The van der Waals surface area contributed by atoms with Crippen molar-refractivity contribution in [3.63, 3.8) is 0 Å². The van der Waals surface area contributed by atoms with Gasteiger partial charge < -0.3 is 15.3 Å². The van der Waals surface area contributed by atoms with Crippen LogP contribution in [0.1, 0.15) is 12.5 Å². The number of nitrogens with zero attached hydrogens (tertiary/aromatic N) is 2. The van der Waals surface area contributed by atoms with Crippen LogP contribution in [0.15, 0.2) is 24.3 Å². The lowest BCUT2D eigenvalue weighted by Crippen LogP contribution is -2.47. The fourth-order valence-electron chi connectivity index (χ4n) is 2.05. The lowest BCUT2D eigenvalue weighted by molar-refractivity contribution is -0.384. The van der Waals surface area contributed by atoms with Crippen molar-refractivity contribution in [3.8, 4) is 0 Å². The van der Waals surface area contributed by atoms with Crippen molar-refractivity contribution in [2.75, 3.05) is 27.2 Å². The molecular weight excluding hydrogens is 274 g/mol. The Labute approximate surface area is 123 Å². The summed E-state index contributed by atoms with van der Waals surface area (Å²) < 4.78 is 0. The van der Waals surface area contributed by atoms with Crippen molar-refractivity contribution in [1.29, 1.82) is 0 Å². The van der Waals surface area contributed by atoms with Gasteiger partial charge in [0.1, 0.15) is 0 Å². The van der Waals surface area contributed by atoms with Crippen LogP contribution in [0.5, 0.6) is 0 Å². The quantitative estimate of drug-likeness (QED) is 0.566. The van der Waals surface area contributed by atoms with Gasteiger partial charge in [-0.2, -0.15) is 0 Å². The van der Waals surface area contributed by atoms with Crippen molar-refractivity contribution in [1.82, 2.24) is 10.2 Å². The summed E-state index contributed by atoms with van der Waals surface area (Å²) in [6, 6.07) is 5.95. The number of nitrogens with one attached hydrogen (secondary N) is 1. The maximum Gasteiger partial charge on any atom is 0.269 e. The Morgan fingerprint density at radius 3 is 2.71 bits per heavy atom. The fraction of sp³-hybridized carbons (Fsp3) is 0.500. The molecule has 0 saturated carbocycles.